The molecule has 7 nitrogen and oxygen atoms in total. The molecule has 0 bridgehead atoms. The van der Waals surface area contributed by atoms with Gasteiger partial charge in [0.05, 0.1) is 29.4 Å². The molecule has 2 aliphatic heterocycles. The van der Waals surface area contributed by atoms with E-state index in [9.17, 15) is 0 Å². The van der Waals surface area contributed by atoms with Gasteiger partial charge in [0.1, 0.15) is 6.10 Å². The summed E-state index contributed by atoms with van der Waals surface area (Å²) in [7, 11) is 0. The fourth-order valence-electron chi connectivity index (χ4n) is 3.88. The molecule has 0 unspecified atom stereocenters. The Morgan fingerprint density at radius 2 is 1.83 bits per heavy atom. The zero-order valence-electron chi connectivity index (χ0n) is 16.2. The molecule has 2 aromatic heterocycles. The number of anilines is 1. The summed E-state index contributed by atoms with van der Waals surface area (Å²) < 4.78 is 11.4. The van der Waals surface area contributed by atoms with Gasteiger partial charge in [-0.1, -0.05) is 23.7 Å². The maximum atomic E-state index is 6.54. The molecule has 29 heavy (non-hydrogen) atoms. The van der Waals surface area contributed by atoms with Crippen LogP contribution in [0.1, 0.15) is 12.8 Å². The number of halogens is 1. The van der Waals surface area contributed by atoms with Gasteiger partial charge in [0.15, 0.2) is 5.65 Å². The number of hydrogen-bond acceptors (Lipinski definition) is 6. The monoisotopic (exact) mass is 413 g/mol. The molecule has 2 N–H and O–H groups in total. The average Bonchev–Trinajstić information content (AvgIpc) is 3.15. The van der Waals surface area contributed by atoms with Crippen molar-refractivity contribution in [2.45, 2.75) is 18.9 Å². The lowest BCUT2D eigenvalue weighted by Crippen LogP contribution is -2.36. The van der Waals surface area contributed by atoms with Gasteiger partial charge in [0.25, 0.3) is 6.01 Å². The van der Waals surface area contributed by atoms with Crippen LogP contribution in [0.4, 0.5) is 5.69 Å². The van der Waals surface area contributed by atoms with Crippen LogP contribution in [0.3, 0.4) is 0 Å². The van der Waals surface area contributed by atoms with E-state index in [0.717, 1.165) is 69.0 Å². The molecule has 0 aliphatic carbocycles. The number of ether oxygens (including phenoxy) is 2. The quantitative estimate of drug-likeness (QED) is 0.683. The molecule has 152 valence electrons. The highest BCUT2D eigenvalue weighted by atomic mass is 35.5. The minimum Gasteiger partial charge on any atom is -0.461 e. The molecule has 5 rings (SSSR count). The van der Waals surface area contributed by atoms with Crippen molar-refractivity contribution in [1.29, 1.82) is 0 Å². The number of morpholine rings is 1. The van der Waals surface area contributed by atoms with Gasteiger partial charge in [-0.05, 0) is 44.1 Å². The van der Waals surface area contributed by atoms with Crippen molar-refractivity contribution in [2.24, 2.45) is 0 Å². The summed E-state index contributed by atoms with van der Waals surface area (Å²) in [5.74, 6) is 0. The molecule has 2 saturated heterocycles. The Morgan fingerprint density at radius 3 is 2.59 bits per heavy atom. The Bertz CT molecular complexity index is 979. The van der Waals surface area contributed by atoms with Crippen LogP contribution in [0.5, 0.6) is 6.01 Å². The maximum absolute atomic E-state index is 6.54. The summed E-state index contributed by atoms with van der Waals surface area (Å²) in [5, 5.41) is 3.93. The molecule has 0 atom stereocenters. The van der Waals surface area contributed by atoms with Crippen LogP contribution >= 0.6 is 11.6 Å². The Morgan fingerprint density at radius 1 is 1.07 bits per heavy atom. The van der Waals surface area contributed by atoms with E-state index in [2.05, 4.69) is 44.5 Å². The van der Waals surface area contributed by atoms with Crippen LogP contribution in [0.25, 0.3) is 22.4 Å². The third-order valence-corrected chi connectivity index (χ3v) is 5.77. The molecule has 0 amide bonds. The third kappa shape index (κ3) is 4.03. The Hall–Kier alpha value is -2.35. The molecule has 3 aromatic rings. The van der Waals surface area contributed by atoms with Crippen LogP contribution in [0.15, 0.2) is 30.3 Å². The molecular weight excluding hydrogens is 390 g/mol. The van der Waals surface area contributed by atoms with E-state index >= 15 is 0 Å². The van der Waals surface area contributed by atoms with E-state index in [1.807, 2.05) is 6.07 Å². The van der Waals surface area contributed by atoms with Gasteiger partial charge in [-0.3, -0.25) is 0 Å². The smallest absolute Gasteiger partial charge is 0.296 e. The number of nitrogens with one attached hydrogen (secondary N) is 2. The molecule has 4 heterocycles. The standard InChI is InChI=1S/C21H24ClN5O2/c22-17-13-18-20(26-21(24-18)29-16-5-7-23-8-6-16)25-19(17)14-1-3-15(4-2-14)27-9-11-28-12-10-27/h1-4,13,16,23H,5-12H2,(H,24,25,26). The van der Waals surface area contributed by atoms with Crippen molar-refractivity contribution in [1.82, 2.24) is 20.3 Å². The number of piperidine rings is 1. The van der Waals surface area contributed by atoms with Crippen LogP contribution < -0.4 is 15.0 Å². The maximum Gasteiger partial charge on any atom is 0.296 e. The third-order valence-electron chi connectivity index (χ3n) is 5.49. The molecular formula is C21H24ClN5O2. The van der Waals surface area contributed by atoms with E-state index in [1.165, 1.54) is 5.69 Å². The zero-order chi connectivity index (χ0) is 19.6. The Balaban J connectivity index is 1.38. The van der Waals surface area contributed by atoms with Gasteiger partial charge in [-0.2, -0.15) is 4.98 Å². The van der Waals surface area contributed by atoms with Crippen molar-refractivity contribution >= 4 is 28.5 Å². The number of aromatic nitrogens is 3. The summed E-state index contributed by atoms with van der Waals surface area (Å²) in [5.41, 5.74) is 4.29. The second kappa shape index (κ2) is 8.18. The Kier molecular flexibility index (Phi) is 5.26. The van der Waals surface area contributed by atoms with Crippen molar-refractivity contribution in [3.63, 3.8) is 0 Å². The molecule has 0 spiro atoms. The first-order chi connectivity index (χ1) is 14.3. The van der Waals surface area contributed by atoms with E-state index in [0.29, 0.717) is 16.7 Å². The topological polar surface area (TPSA) is 75.3 Å². The fourth-order valence-corrected chi connectivity index (χ4v) is 4.14. The second-order valence-electron chi connectivity index (χ2n) is 7.45. The minimum atomic E-state index is 0.180. The highest BCUT2D eigenvalue weighted by Crippen LogP contribution is 2.31. The summed E-state index contributed by atoms with van der Waals surface area (Å²) >= 11 is 6.54. The first-order valence-electron chi connectivity index (χ1n) is 10.1. The van der Waals surface area contributed by atoms with Crippen molar-refractivity contribution in [3.05, 3.63) is 35.4 Å². The summed E-state index contributed by atoms with van der Waals surface area (Å²) in [6.45, 7) is 5.31. The number of fused-ring (bicyclic) bond motifs is 1. The van der Waals surface area contributed by atoms with Crippen molar-refractivity contribution in [2.75, 3.05) is 44.3 Å². The number of hydrogen-bond donors (Lipinski definition) is 2. The number of H-pyrrole nitrogens is 1. The SMILES string of the molecule is Clc1cc2[nH]c(OC3CCNCC3)nc2nc1-c1ccc(N2CCOCC2)cc1. The lowest BCUT2D eigenvalue weighted by Gasteiger charge is -2.28. The molecule has 1 aromatic carbocycles. The summed E-state index contributed by atoms with van der Waals surface area (Å²) in [6, 6.07) is 10.7. The van der Waals surface area contributed by atoms with Gasteiger partial charge < -0.3 is 24.7 Å². The van der Waals surface area contributed by atoms with Gasteiger partial charge in [0.2, 0.25) is 0 Å². The lowest BCUT2D eigenvalue weighted by molar-refractivity contribution is 0.122. The summed E-state index contributed by atoms with van der Waals surface area (Å²) in [4.78, 5) is 14.8. The number of rotatable bonds is 4. The number of nitrogens with zero attached hydrogens (tertiary/aromatic N) is 3. The molecule has 2 aliphatic rings. The van der Waals surface area contributed by atoms with Gasteiger partial charge in [-0.25, -0.2) is 4.98 Å². The Labute approximate surface area is 174 Å². The lowest BCUT2D eigenvalue weighted by atomic mass is 10.1. The van der Waals surface area contributed by atoms with Gasteiger partial charge >= 0.3 is 0 Å². The van der Waals surface area contributed by atoms with E-state index in [4.69, 9.17) is 26.1 Å². The minimum absolute atomic E-state index is 0.180. The van der Waals surface area contributed by atoms with Crippen molar-refractivity contribution < 1.29 is 9.47 Å². The van der Waals surface area contributed by atoms with Crippen LogP contribution in [-0.4, -0.2) is 60.4 Å². The van der Waals surface area contributed by atoms with E-state index in [-0.39, 0.29) is 6.10 Å². The largest absolute Gasteiger partial charge is 0.461 e. The van der Waals surface area contributed by atoms with Gasteiger partial charge in [0, 0.05) is 24.3 Å². The first kappa shape index (κ1) is 18.7. The number of aromatic amines is 1. The van der Waals surface area contributed by atoms with E-state index in [1.54, 1.807) is 0 Å². The number of imidazole rings is 1. The van der Waals surface area contributed by atoms with Crippen LogP contribution in [-0.2, 0) is 4.74 Å². The van der Waals surface area contributed by atoms with Crippen molar-refractivity contribution in [3.8, 4) is 17.3 Å². The molecule has 2 fully saturated rings. The van der Waals surface area contributed by atoms with Gasteiger partial charge in [-0.15, -0.1) is 0 Å². The fraction of sp³-hybridized carbons (Fsp3) is 0.429. The molecule has 0 saturated carbocycles. The highest BCUT2D eigenvalue weighted by molar-refractivity contribution is 6.33. The second-order valence-corrected chi connectivity index (χ2v) is 7.85. The summed E-state index contributed by atoms with van der Waals surface area (Å²) in [6.07, 6.45) is 2.14. The predicted octanol–water partition coefficient (Wildman–Crippen LogP) is 3.25. The normalized spacial score (nSPS) is 18.3. The van der Waals surface area contributed by atoms with Crippen LogP contribution in [0.2, 0.25) is 5.02 Å². The van der Waals surface area contributed by atoms with E-state index < -0.39 is 0 Å². The van der Waals surface area contributed by atoms with Crippen LogP contribution in [0, 0.1) is 0 Å². The molecule has 0 radical (unpaired) electrons. The molecule has 8 heteroatoms. The highest BCUT2D eigenvalue weighted by Gasteiger charge is 2.18. The number of pyridine rings is 1. The average molecular weight is 414 g/mol. The number of benzene rings is 1. The predicted molar refractivity (Wildman–Crippen MR) is 114 cm³/mol. The first-order valence-corrected chi connectivity index (χ1v) is 10.5. The zero-order valence-corrected chi connectivity index (χ0v) is 16.9.